The van der Waals surface area contributed by atoms with Gasteiger partial charge < -0.3 is 15.2 Å². The van der Waals surface area contributed by atoms with E-state index < -0.39 is 17.7 Å². The smallest absolute Gasteiger partial charge is 0.325 e. The molecule has 2 heterocycles. The number of aliphatic hydroxyl groups is 1. The minimum atomic E-state index is -0.921. The maximum absolute atomic E-state index is 12.5. The van der Waals surface area contributed by atoms with E-state index in [0.717, 1.165) is 16.2 Å². The molecule has 3 amide bonds. The van der Waals surface area contributed by atoms with Gasteiger partial charge >= 0.3 is 6.03 Å². The molecule has 0 saturated carbocycles. The van der Waals surface area contributed by atoms with Crippen LogP contribution in [-0.2, 0) is 4.79 Å². The summed E-state index contributed by atoms with van der Waals surface area (Å²) in [5.74, 6) is 1.88. The summed E-state index contributed by atoms with van der Waals surface area (Å²) >= 11 is 1.66. The number of carbonyl (C=O) groups excluding carboxylic acids is 2. The highest BCUT2D eigenvalue weighted by molar-refractivity contribution is 7.99. The zero-order valence-electron chi connectivity index (χ0n) is 12.9. The van der Waals surface area contributed by atoms with Crippen molar-refractivity contribution < 1.29 is 19.4 Å². The number of rotatable bonds is 5. The minimum Gasteiger partial charge on any atom is -0.491 e. The summed E-state index contributed by atoms with van der Waals surface area (Å²) in [4.78, 5) is 25.6. The Morgan fingerprint density at radius 2 is 2.13 bits per heavy atom. The molecule has 1 aromatic carbocycles. The molecule has 2 saturated heterocycles. The fourth-order valence-corrected chi connectivity index (χ4v) is 4.09. The molecule has 2 aliphatic heterocycles. The molecule has 0 aromatic heterocycles. The van der Waals surface area contributed by atoms with E-state index in [9.17, 15) is 14.7 Å². The molecule has 1 aromatic rings. The van der Waals surface area contributed by atoms with Crippen molar-refractivity contribution in [1.29, 1.82) is 0 Å². The van der Waals surface area contributed by atoms with Crippen LogP contribution in [0.2, 0.25) is 0 Å². The number of nitrogens with zero attached hydrogens (tertiary/aromatic N) is 1. The van der Waals surface area contributed by atoms with Gasteiger partial charge in [0.05, 0.1) is 6.54 Å². The molecule has 1 spiro atoms. The molecule has 0 unspecified atom stereocenters. The molecule has 6 nitrogen and oxygen atoms in total. The Morgan fingerprint density at radius 1 is 1.39 bits per heavy atom. The van der Waals surface area contributed by atoms with Crippen molar-refractivity contribution in [3.63, 3.8) is 0 Å². The van der Waals surface area contributed by atoms with Gasteiger partial charge in [-0.2, -0.15) is 11.8 Å². The molecule has 2 N–H and O–H groups in total. The fourth-order valence-electron chi connectivity index (χ4n) is 2.76. The number of benzene rings is 1. The van der Waals surface area contributed by atoms with Crippen molar-refractivity contribution >= 4 is 23.7 Å². The van der Waals surface area contributed by atoms with E-state index in [1.54, 1.807) is 11.8 Å². The lowest BCUT2D eigenvalue weighted by Crippen LogP contribution is -2.47. The van der Waals surface area contributed by atoms with Gasteiger partial charge in [-0.15, -0.1) is 0 Å². The van der Waals surface area contributed by atoms with Gasteiger partial charge in [-0.25, -0.2) is 4.79 Å². The van der Waals surface area contributed by atoms with Crippen molar-refractivity contribution in [2.45, 2.75) is 25.0 Å². The number of thioether (sulfide) groups is 1. The monoisotopic (exact) mass is 336 g/mol. The molecule has 0 radical (unpaired) electrons. The van der Waals surface area contributed by atoms with E-state index in [4.69, 9.17) is 4.74 Å². The topological polar surface area (TPSA) is 78.9 Å². The van der Waals surface area contributed by atoms with Crippen LogP contribution in [0.15, 0.2) is 24.3 Å². The Hall–Kier alpha value is -1.73. The van der Waals surface area contributed by atoms with Gasteiger partial charge in [0, 0.05) is 5.75 Å². The fraction of sp³-hybridized carbons (Fsp3) is 0.500. The predicted octanol–water partition coefficient (Wildman–Crippen LogP) is 1.16. The van der Waals surface area contributed by atoms with Crippen LogP contribution in [0, 0.1) is 6.92 Å². The lowest BCUT2D eigenvalue weighted by atomic mass is 9.99. The third-order valence-corrected chi connectivity index (χ3v) is 5.31. The van der Waals surface area contributed by atoms with Crippen LogP contribution >= 0.6 is 11.8 Å². The van der Waals surface area contributed by atoms with E-state index in [2.05, 4.69) is 5.32 Å². The van der Waals surface area contributed by atoms with Gasteiger partial charge in [-0.3, -0.25) is 9.69 Å². The zero-order chi connectivity index (χ0) is 16.4. The average molecular weight is 336 g/mol. The van der Waals surface area contributed by atoms with Gasteiger partial charge in [0.15, 0.2) is 0 Å². The number of aryl methyl sites for hydroxylation is 1. The first kappa shape index (κ1) is 16.1. The quantitative estimate of drug-likeness (QED) is 0.789. The van der Waals surface area contributed by atoms with E-state index in [1.165, 1.54) is 0 Å². The lowest BCUT2D eigenvalue weighted by molar-refractivity contribution is -0.131. The number of amides is 3. The highest BCUT2D eigenvalue weighted by atomic mass is 32.2. The van der Waals surface area contributed by atoms with Crippen LogP contribution in [0.1, 0.15) is 12.0 Å². The maximum atomic E-state index is 12.5. The second kappa shape index (κ2) is 6.41. The first-order valence-electron chi connectivity index (χ1n) is 7.60. The highest BCUT2D eigenvalue weighted by Gasteiger charge is 2.53. The summed E-state index contributed by atoms with van der Waals surface area (Å²) in [6, 6.07) is 7.05. The first-order valence-corrected chi connectivity index (χ1v) is 8.75. The number of imide groups is 1. The summed E-state index contributed by atoms with van der Waals surface area (Å²) in [5, 5.41) is 12.9. The van der Waals surface area contributed by atoms with Gasteiger partial charge in [0.1, 0.15) is 24.0 Å². The van der Waals surface area contributed by atoms with Gasteiger partial charge in [0.2, 0.25) is 0 Å². The normalized spacial score (nSPS) is 25.0. The van der Waals surface area contributed by atoms with Gasteiger partial charge in [0.25, 0.3) is 5.91 Å². The standard InChI is InChI=1S/C16H20N2O4S/c1-11-2-4-13(5-3-11)22-9-12(19)8-18-14(20)16(17-15(18)21)6-7-23-10-16/h2-5,12,19H,6-10H2,1H3,(H,17,21)/t12-,16+/m0/s1. The molecule has 124 valence electrons. The second-order valence-corrected chi connectivity index (χ2v) is 7.11. The molecule has 23 heavy (non-hydrogen) atoms. The summed E-state index contributed by atoms with van der Waals surface area (Å²) in [5.41, 5.74) is 0.358. The lowest BCUT2D eigenvalue weighted by Gasteiger charge is -2.21. The molecule has 2 fully saturated rings. The second-order valence-electron chi connectivity index (χ2n) is 6.01. The molecular formula is C16H20N2O4S. The summed E-state index contributed by atoms with van der Waals surface area (Å²) in [7, 11) is 0. The van der Waals surface area contributed by atoms with Gasteiger partial charge in [-0.05, 0) is 31.2 Å². The Balaban J connectivity index is 1.55. The van der Waals surface area contributed by atoms with Crippen molar-refractivity contribution in [3.05, 3.63) is 29.8 Å². The van der Waals surface area contributed by atoms with Crippen molar-refractivity contribution in [1.82, 2.24) is 10.2 Å². The maximum Gasteiger partial charge on any atom is 0.325 e. The van der Waals surface area contributed by atoms with E-state index in [1.807, 2.05) is 31.2 Å². The number of nitrogens with one attached hydrogen (secondary N) is 1. The number of carbonyl (C=O) groups is 2. The third kappa shape index (κ3) is 3.30. The van der Waals surface area contributed by atoms with E-state index >= 15 is 0 Å². The molecule has 7 heteroatoms. The number of β-amino-alcohol motifs (C(OH)–C–C–N with tert-alkyl or cyclic N) is 1. The number of ether oxygens (including phenoxy) is 1. The molecule has 0 aliphatic carbocycles. The van der Waals surface area contributed by atoms with E-state index in [0.29, 0.717) is 17.9 Å². The third-order valence-electron chi connectivity index (χ3n) is 4.12. The molecule has 0 bridgehead atoms. The SMILES string of the molecule is Cc1ccc(OC[C@@H](O)CN2C(=O)N[C@@]3(CCSC3)C2=O)cc1. The molecule has 2 aliphatic rings. The minimum absolute atomic E-state index is 0.0296. The zero-order valence-corrected chi connectivity index (χ0v) is 13.8. The van der Waals surface area contributed by atoms with Crippen LogP contribution in [0.25, 0.3) is 0 Å². The predicted molar refractivity (Wildman–Crippen MR) is 87.6 cm³/mol. The van der Waals surface area contributed by atoms with Gasteiger partial charge in [-0.1, -0.05) is 17.7 Å². The van der Waals surface area contributed by atoms with Crippen LogP contribution in [-0.4, -0.2) is 58.2 Å². The van der Waals surface area contributed by atoms with Crippen molar-refractivity contribution in [3.8, 4) is 5.75 Å². The Kier molecular flexibility index (Phi) is 4.50. The summed E-state index contributed by atoms with van der Waals surface area (Å²) < 4.78 is 5.50. The van der Waals surface area contributed by atoms with Crippen LogP contribution < -0.4 is 10.1 Å². The number of hydrogen-bond donors (Lipinski definition) is 2. The largest absolute Gasteiger partial charge is 0.491 e. The number of aliphatic hydroxyl groups excluding tert-OH is 1. The Labute approximate surface area is 139 Å². The first-order chi connectivity index (χ1) is 11.0. The number of urea groups is 1. The summed E-state index contributed by atoms with van der Waals surface area (Å²) in [6.07, 6.45) is -0.274. The average Bonchev–Trinajstić information content (AvgIpc) is 3.08. The van der Waals surface area contributed by atoms with Crippen molar-refractivity contribution in [2.75, 3.05) is 24.7 Å². The van der Waals surface area contributed by atoms with Crippen molar-refractivity contribution in [2.24, 2.45) is 0 Å². The number of hydrogen-bond acceptors (Lipinski definition) is 5. The molecule has 2 atom stereocenters. The van der Waals surface area contributed by atoms with Crippen LogP contribution in [0.5, 0.6) is 5.75 Å². The highest BCUT2D eigenvalue weighted by Crippen LogP contribution is 2.33. The molecular weight excluding hydrogens is 316 g/mol. The van der Waals surface area contributed by atoms with Crippen LogP contribution in [0.3, 0.4) is 0 Å². The van der Waals surface area contributed by atoms with E-state index in [-0.39, 0.29) is 19.1 Å². The Morgan fingerprint density at radius 3 is 2.78 bits per heavy atom. The Bertz CT molecular complexity index is 599. The summed E-state index contributed by atoms with van der Waals surface area (Å²) in [6.45, 7) is 1.96. The molecule has 3 rings (SSSR count). The van der Waals surface area contributed by atoms with Crippen LogP contribution in [0.4, 0.5) is 4.79 Å².